The summed E-state index contributed by atoms with van der Waals surface area (Å²) in [6.07, 6.45) is 0.880. The molecule has 1 N–H and O–H groups in total. The van der Waals surface area contributed by atoms with Gasteiger partial charge in [0, 0.05) is 18.8 Å². The van der Waals surface area contributed by atoms with Gasteiger partial charge in [0.2, 0.25) is 0 Å². The van der Waals surface area contributed by atoms with Crippen LogP contribution >= 0.6 is 0 Å². The van der Waals surface area contributed by atoms with Gasteiger partial charge in [-0.05, 0) is 57.8 Å². The zero-order chi connectivity index (χ0) is 16.1. The van der Waals surface area contributed by atoms with Gasteiger partial charge in [-0.25, -0.2) is 9.78 Å². The van der Waals surface area contributed by atoms with Crippen molar-refractivity contribution in [1.82, 2.24) is 14.8 Å². The molecule has 1 amide bonds. The minimum atomic E-state index is -0.824. The molecule has 0 radical (unpaired) electrons. The van der Waals surface area contributed by atoms with E-state index in [0.29, 0.717) is 19.0 Å². The molecule has 0 spiro atoms. The number of hydrogen-bond donors (Lipinski definition) is 1. The number of aryl methyl sites for hydroxylation is 1. The van der Waals surface area contributed by atoms with Crippen LogP contribution in [-0.4, -0.2) is 59.2 Å². The molecule has 0 aromatic carbocycles. The maximum atomic E-state index is 11.0. The van der Waals surface area contributed by atoms with E-state index in [-0.39, 0.29) is 6.04 Å². The fraction of sp³-hybridized carbons (Fsp3) is 0.529. The highest BCUT2D eigenvalue weighted by atomic mass is 16.4. The van der Waals surface area contributed by atoms with Crippen LogP contribution in [0.25, 0.3) is 0 Å². The van der Waals surface area contributed by atoms with Crippen LogP contribution in [0.5, 0.6) is 0 Å². The van der Waals surface area contributed by atoms with Crippen LogP contribution < -0.4 is 0 Å². The first-order chi connectivity index (χ1) is 10.5. The molecule has 22 heavy (non-hydrogen) atoms. The van der Waals surface area contributed by atoms with Gasteiger partial charge in [0.1, 0.15) is 5.69 Å². The number of piperidine rings is 1. The van der Waals surface area contributed by atoms with E-state index in [1.165, 1.54) is 4.90 Å². The highest BCUT2D eigenvalue weighted by Gasteiger charge is 2.28. The van der Waals surface area contributed by atoms with Gasteiger partial charge in [-0.15, -0.1) is 0 Å². The van der Waals surface area contributed by atoms with Crippen molar-refractivity contribution in [3.05, 3.63) is 29.6 Å². The lowest BCUT2D eigenvalue weighted by atomic mass is 9.89. The molecule has 1 aliphatic heterocycles. The Morgan fingerprint density at radius 1 is 1.41 bits per heavy atom. The lowest BCUT2D eigenvalue weighted by Gasteiger charge is -2.35. The summed E-state index contributed by atoms with van der Waals surface area (Å²) in [5.74, 6) is 6.88. The van der Waals surface area contributed by atoms with Crippen LogP contribution in [0.3, 0.4) is 0 Å². The molecule has 1 saturated heterocycles. The largest absolute Gasteiger partial charge is 0.465 e. The van der Waals surface area contributed by atoms with E-state index in [0.717, 1.165) is 24.2 Å². The Morgan fingerprint density at radius 3 is 2.64 bits per heavy atom. The number of carbonyl (C=O) groups is 1. The van der Waals surface area contributed by atoms with Crippen LogP contribution in [0.4, 0.5) is 4.79 Å². The Hall–Kier alpha value is -2.06. The third-order valence-electron chi connectivity index (χ3n) is 4.05. The van der Waals surface area contributed by atoms with Crippen molar-refractivity contribution in [2.75, 3.05) is 27.2 Å². The van der Waals surface area contributed by atoms with Gasteiger partial charge in [0.05, 0.1) is 6.04 Å². The minimum absolute atomic E-state index is 0.123. The van der Waals surface area contributed by atoms with E-state index in [4.69, 9.17) is 5.11 Å². The zero-order valence-corrected chi connectivity index (χ0v) is 13.4. The second-order valence-corrected chi connectivity index (χ2v) is 5.95. The van der Waals surface area contributed by atoms with E-state index in [9.17, 15) is 4.79 Å². The maximum Gasteiger partial charge on any atom is 0.407 e. The van der Waals surface area contributed by atoms with Gasteiger partial charge in [-0.3, -0.25) is 4.90 Å². The summed E-state index contributed by atoms with van der Waals surface area (Å²) in [5, 5.41) is 9.03. The lowest BCUT2D eigenvalue weighted by molar-refractivity contribution is 0.111. The predicted octanol–water partition coefficient (Wildman–Crippen LogP) is 2.06. The molecule has 1 aliphatic rings. The average molecular weight is 301 g/mol. The number of nitrogens with zero attached hydrogens (tertiary/aromatic N) is 3. The standard InChI is InChI=1S/C17H23N3O2/c1-13-5-4-6-15(18-13)7-8-16(19(2)3)14-9-11-20(12-10-14)17(21)22/h4-6,14,16H,9-12H2,1-3H3,(H,21,22). The molecule has 1 fully saturated rings. The molecule has 5 nitrogen and oxygen atoms in total. The zero-order valence-electron chi connectivity index (χ0n) is 13.4. The fourth-order valence-electron chi connectivity index (χ4n) is 2.84. The monoisotopic (exact) mass is 301 g/mol. The minimum Gasteiger partial charge on any atom is -0.465 e. The van der Waals surface area contributed by atoms with Crippen LogP contribution in [0.2, 0.25) is 0 Å². The molecule has 0 saturated carbocycles. The highest BCUT2D eigenvalue weighted by Crippen LogP contribution is 2.23. The molecule has 1 atom stereocenters. The summed E-state index contributed by atoms with van der Waals surface area (Å²) in [6, 6.07) is 5.96. The molecular weight excluding hydrogens is 278 g/mol. The van der Waals surface area contributed by atoms with Crippen molar-refractivity contribution in [2.45, 2.75) is 25.8 Å². The highest BCUT2D eigenvalue weighted by molar-refractivity contribution is 5.65. The Balaban J connectivity index is 2.07. The third-order valence-corrected chi connectivity index (χ3v) is 4.05. The van der Waals surface area contributed by atoms with Crippen molar-refractivity contribution < 1.29 is 9.90 Å². The SMILES string of the molecule is Cc1cccc(C#CC(C2CCN(C(=O)O)CC2)N(C)C)n1. The van der Waals surface area contributed by atoms with Crippen molar-refractivity contribution in [3.63, 3.8) is 0 Å². The Kier molecular flexibility index (Phi) is 5.40. The third kappa shape index (κ3) is 4.22. The van der Waals surface area contributed by atoms with Gasteiger partial charge in [0.25, 0.3) is 0 Å². The van der Waals surface area contributed by atoms with Crippen molar-refractivity contribution >= 4 is 6.09 Å². The summed E-state index contributed by atoms with van der Waals surface area (Å²) >= 11 is 0. The Morgan fingerprint density at radius 2 is 2.09 bits per heavy atom. The number of aromatic nitrogens is 1. The van der Waals surface area contributed by atoms with E-state index >= 15 is 0 Å². The van der Waals surface area contributed by atoms with E-state index in [2.05, 4.69) is 21.7 Å². The molecule has 1 aromatic heterocycles. The number of likely N-dealkylation sites (tertiary alicyclic amines) is 1. The fourth-order valence-corrected chi connectivity index (χ4v) is 2.84. The van der Waals surface area contributed by atoms with Crippen LogP contribution in [0.1, 0.15) is 24.2 Å². The quantitative estimate of drug-likeness (QED) is 0.850. The van der Waals surface area contributed by atoms with Gasteiger partial charge < -0.3 is 10.0 Å². The predicted molar refractivity (Wildman–Crippen MR) is 85.6 cm³/mol. The Labute approximate surface area is 131 Å². The van der Waals surface area contributed by atoms with Gasteiger partial charge in [0.15, 0.2) is 0 Å². The second-order valence-electron chi connectivity index (χ2n) is 5.95. The molecule has 2 rings (SSSR count). The van der Waals surface area contributed by atoms with Crippen molar-refractivity contribution in [2.24, 2.45) is 5.92 Å². The first-order valence-corrected chi connectivity index (χ1v) is 7.57. The van der Waals surface area contributed by atoms with Gasteiger partial charge in [-0.1, -0.05) is 12.0 Å². The molecular formula is C17H23N3O2. The number of amides is 1. The first kappa shape index (κ1) is 16.3. The number of rotatable bonds is 2. The summed E-state index contributed by atoms with van der Waals surface area (Å²) in [5.41, 5.74) is 1.75. The van der Waals surface area contributed by atoms with Gasteiger partial charge in [-0.2, -0.15) is 0 Å². The van der Waals surface area contributed by atoms with Crippen molar-refractivity contribution in [1.29, 1.82) is 0 Å². The first-order valence-electron chi connectivity index (χ1n) is 7.57. The topological polar surface area (TPSA) is 56.7 Å². The average Bonchev–Trinajstić information content (AvgIpc) is 2.47. The maximum absolute atomic E-state index is 11.0. The summed E-state index contributed by atoms with van der Waals surface area (Å²) in [4.78, 5) is 19.0. The normalized spacial score (nSPS) is 17.0. The Bertz CT molecular complexity index is 581. The van der Waals surface area contributed by atoms with E-state index < -0.39 is 6.09 Å². The molecule has 118 valence electrons. The summed E-state index contributed by atoms with van der Waals surface area (Å²) < 4.78 is 0. The molecule has 0 aliphatic carbocycles. The number of carboxylic acid groups (broad SMARTS) is 1. The molecule has 0 bridgehead atoms. The lowest BCUT2D eigenvalue weighted by Crippen LogP contribution is -2.44. The molecule has 1 unspecified atom stereocenters. The van der Waals surface area contributed by atoms with Crippen LogP contribution in [0.15, 0.2) is 18.2 Å². The molecule has 2 heterocycles. The smallest absolute Gasteiger partial charge is 0.407 e. The van der Waals surface area contributed by atoms with E-state index in [1.54, 1.807) is 0 Å². The van der Waals surface area contributed by atoms with Crippen LogP contribution in [-0.2, 0) is 0 Å². The van der Waals surface area contributed by atoms with Crippen LogP contribution in [0, 0.1) is 24.7 Å². The summed E-state index contributed by atoms with van der Waals surface area (Å²) in [7, 11) is 4.04. The van der Waals surface area contributed by atoms with E-state index in [1.807, 2.05) is 39.2 Å². The van der Waals surface area contributed by atoms with Crippen molar-refractivity contribution in [3.8, 4) is 11.8 Å². The summed E-state index contributed by atoms with van der Waals surface area (Å²) in [6.45, 7) is 3.14. The molecule has 1 aromatic rings. The van der Waals surface area contributed by atoms with Gasteiger partial charge >= 0.3 is 6.09 Å². The number of hydrogen-bond acceptors (Lipinski definition) is 3. The number of pyridine rings is 1. The second kappa shape index (κ2) is 7.28. The molecule has 5 heteroatoms.